The Morgan fingerprint density at radius 1 is 1.41 bits per heavy atom. The molecule has 1 aliphatic carbocycles. The SMILES string of the molecule is OC(CNCC1=Cc2cc(Cl)ccc2OC1)COCC1CC1. The average Bonchev–Trinajstić information content (AvgIpc) is 3.31. The van der Waals surface area contributed by atoms with Gasteiger partial charge in [0.2, 0.25) is 0 Å². The van der Waals surface area contributed by atoms with Gasteiger partial charge in [0.05, 0.1) is 12.7 Å². The van der Waals surface area contributed by atoms with E-state index in [1.165, 1.54) is 12.8 Å². The molecule has 1 aromatic rings. The first-order valence-electron chi connectivity index (χ1n) is 7.79. The molecule has 0 aromatic heterocycles. The van der Waals surface area contributed by atoms with E-state index in [2.05, 4.69) is 11.4 Å². The highest BCUT2D eigenvalue weighted by molar-refractivity contribution is 6.30. The Morgan fingerprint density at radius 3 is 3.09 bits per heavy atom. The number of hydrogen-bond donors (Lipinski definition) is 2. The summed E-state index contributed by atoms with van der Waals surface area (Å²) in [5, 5.41) is 13.8. The number of benzene rings is 1. The molecule has 120 valence electrons. The first-order chi connectivity index (χ1) is 10.7. The van der Waals surface area contributed by atoms with Crippen LogP contribution in [-0.4, -0.2) is 44.1 Å². The van der Waals surface area contributed by atoms with Crippen LogP contribution in [0.1, 0.15) is 18.4 Å². The summed E-state index contributed by atoms with van der Waals surface area (Å²) in [5.41, 5.74) is 2.14. The van der Waals surface area contributed by atoms with Gasteiger partial charge in [0, 0.05) is 30.3 Å². The molecule has 2 aliphatic rings. The Morgan fingerprint density at radius 2 is 2.27 bits per heavy atom. The van der Waals surface area contributed by atoms with Gasteiger partial charge >= 0.3 is 0 Å². The minimum Gasteiger partial charge on any atom is -0.489 e. The van der Waals surface area contributed by atoms with E-state index in [1.54, 1.807) is 0 Å². The second kappa shape index (κ2) is 7.47. The number of aliphatic hydroxyl groups excluding tert-OH is 1. The van der Waals surface area contributed by atoms with Gasteiger partial charge in [-0.15, -0.1) is 0 Å². The molecule has 5 heteroatoms. The van der Waals surface area contributed by atoms with E-state index in [0.29, 0.717) is 31.3 Å². The van der Waals surface area contributed by atoms with Gasteiger partial charge in [-0.2, -0.15) is 0 Å². The lowest BCUT2D eigenvalue weighted by molar-refractivity contribution is 0.0329. The average molecular weight is 324 g/mol. The topological polar surface area (TPSA) is 50.7 Å². The minimum atomic E-state index is -0.467. The van der Waals surface area contributed by atoms with Gasteiger partial charge in [0.25, 0.3) is 0 Å². The third kappa shape index (κ3) is 4.71. The molecule has 0 radical (unpaired) electrons. The van der Waals surface area contributed by atoms with Crippen LogP contribution in [-0.2, 0) is 4.74 Å². The van der Waals surface area contributed by atoms with Gasteiger partial charge in [-0.1, -0.05) is 11.6 Å². The standard InChI is InChI=1S/C17H22ClNO3/c18-15-3-4-17-14(6-15)5-13(10-22-17)7-19-8-16(20)11-21-9-12-1-2-12/h3-6,12,16,19-20H,1-2,7-11H2. The van der Waals surface area contributed by atoms with Crippen LogP contribution < -0.4 is 10.1 Å². The molecule has 3 rings (SSSR count). The van der Waals surface area contributed by atoms with E-state index in [0.717, 1.165) is 29.4 Å². The summed E-state index contributed by atoms with van der Waals surface area (Å²) in [5.74, 6) is 1.60. The molecule has 0 spiro atoms. The minimum absolute atomic E-state index is 0.400. The number of fused-ring (bicyclic) bond motifs is 1. The predicted octanol–water partition coefficient (Wildman–Crippen LogP) is 2.49. The number of halogens is 1. The fourth-order valence-electron chi connectivity index (χ4n) is 2.41. The van der Waals surface area contributed by atoms with Crippen LogP contribution in [0.25, 0.3) is 6.08 Å². The normalized spacial score (nSPS) is 18.4. The number of ether oxygens (including phenoxy) is 2. The van der Waals surface area contributed by atoms with Crippen molar-refractivity contribution in [2.75, 3.05) is 32.9 Å². The largest absolute Gasteiger partial charge is 0.489 e. The van der Waals surface area contributed by atoms with Crippen molar-refractivity contribution >= 4 is 17.7 Å². The zero-order chi connectivity index (χ0) is 15.4. The van der Waals surface area contributed by atoms with Gasteiger partial charge in [-0.3, -0.25) is 0 Å². The smallest absolute Gasteiger partial charge is 0.127 e. The lowest BCUT2D eigenvalue weighted by Gasteiger charge is -2.19. The molecule has 0 bridgehead atoms. The molecule has 1 fully saturated rings. The van der Waals surface area contributed by atoms with Gasteiger partial charge in [0.1, 0.15) is 12.4 Å². The molecule has 1 heterocycles. The Labute approximate surface area is 136 Å². The number of rotatable bonds is 8. The second-order valence-electron chi connectivity index (χ2n) is 6.04. The van der Waals surface area contributed by atoms with E-state index in [4.69, 9.17) is 21.1 Å². The van der Waals surface area contributed by atoms with Crippen molar-refractivity contribution in [1.82, 2.24) is 5.32 Å². The molecule has 22 heavy (non-hydrogen) atoms. The quantitative estimate of drug-likeness (QED) is 0.772. The summed E-state index contributed by atoms with van der Waals surface area (Å²) in [6.45, 7) is 2.96. The molecular formula is C17H22ClNO3. The van der Waals surface area contributed by atoms with Gasteiger partial charge < -0.3 is 19.9 Å². The van der Waals surface area contributed by atoms with Gasteiger partial charge in [-0.05, 0) is 48.6 Å². The summed E-state index contributed by atoms with van der Waals surface area (Å²) in [4.78, 5) is 0. The highest BCUT2D eigenvalue weighted by Crippen LogP contribution is 2.29. The second-order valence-corrected chi connectivity index (χ2v) is 6.48. The van der Waals surface area contributed by atoms with Crippen LogP contribution in [0.4, 0.5) is 0 Å². The van der Waals surface area contributed by atoms with Crippen LogP contribution in [0, 0.1) is 5.92 Å². The molecule has 0 saturated heterocycles. The van der Waals surface area contributed by atoms with E-state index in [1.807, 2.05) is 18.2 Å². The zero-order valence-corrected chi connectivity index (χ0v) is 13.3. The zero-order valence-electron chi connectivity index (χ0n) is 12.6. The van der Waals surface area contributed by atoms with Crippen molar-refractivity contribution in [1.29, 1.82) is 0 Å². The molecule has 1 aliphatic heterocycles. The van der Waals surface area contributed by atoms with Crippen molar-refractivity contribution in [3.63, 3.8) is 0 Å². The Hall–Kier alpha value is -1.07. The van der Waals surface area contributed by atoms with Crippen LogP contribution in [0.15, 0.2) is 23.8 Å². The maximum Gasteiger partial charge on any atom is 0.127 e. The lowest BCUT2D eigenvalue weighted by atomic mass is 10.1. The highest BCUT2D eigenvalue weighted by Gasteiger charge is 2.21. The van der Waals surface area contributed by atoms with Crippen LogP contribution in [0.5, 0.6) is 5.75 Å². The summed E-state index contributed by atoms with van der Waals surface area (Å²) in [7, 11) is 0. The van der Waals surface area contributed by atoms with Crippen LogP contribution in [0.2, 0.25) is 5.02 Å². The summed E-state index contributed by atoms with van der Waals surface area (Å²) in [6, 6.07) is 5.62. The first-order valence-corrected chi connectivity index (χ1v) is 8.17. The third-order valence-corrected chi connectivity index (χ3v) is 4.07. The van der Waals surface area contributed by atoms with Crippen molar-refractivity contribution < 1.29 is 14.6 Å². The van der Waals surface area contributed by atoms with Crippen molar-refractivity contribution in [2.45, 2.75) is 18.9 Å². The van der Waals surface area contributed by atoms with Crippen molar-refractivity contribution in [2.24, 2.45) is 5.92 Å². The molecule has 2 N–H and O–H groups in total. The molecular weight excluding hydrogens is 302 g/mol. The summed E-state index contributed by atoms with van der Waals surface area (Å²) < 4.78 is 11.2. The van der Waals surface area contributed by atoms with E-state index in [-0.39, 0.29) is 0 Å². The number of hydrogen-bond acceptors (Lipinski definition) is 4. The van der Waals surface area contributed by atoms with E-state index >= 15 is 0 Å². The van der Waals surface area contributed by atoms with Gasteiger partial charge in [0.15, 0.2) is 0 Å². The Kier molecular flexibility index (Phi) is 5.37. The van der Waals surface area contributed by atoms with E-state index < -0.39 is 6.10 Å². The molecule has 1 saturated carbocycles. The predicted molar refractivity (Wildman–Crippen MR) is 87.3 cm³/mol. The third-order valence-electron chi connectivity index (χ3n) is 3.84. The Bertz CT molecular complexity index is 543. The molecule has 1 aromatic carbocycles. The van der Waals surface area contributed by atoms with Gasteiger partial charge in [-0.25, -0.2) is 0 Å². The highest BCUT2D eigenvalue weighted by atomic mass is 35.5. The fourth-order valence-corrected chi connectivity index (χ4v) is 2.59. The number of nitrogens with one attached hydrogen (secondary N) is 1. The molecule has 0 amide bonds. The van der Waals surface area contributed by atoms with E-state index in [9.17, 15) is 5.11 Å². The summed E-state index contributed by atoms with van der Waals surface area (Å²) >= 11 is 6.00. The molecule has 1 atom stereocenters. The first kappa shape index (κ1) is 15.8. The molecule has 1 unspecified atom stereocenters. The Balaban J connectivity index is 1.39. The van der Waals surface area contributed by atoms with Crippen molar-refractivity contribution in [3.8, 4) is 5.75 Å². The summed E-state index contributed by atoms with van der Waals surface area (Å²) in [6.07, 6.45) is 4.17. The monoisotopic (exact) mass is 323 g/mol. The lowest BCUT2D eigenvalue weighted by Crippen LogP contribution is -2.32. The van der Waals surface area contributed by atoms with Crippen molar-refractivity contribution in [3.05, 3.63) is 34.4 Å². The maximum atomic E-state index is 9.85. The van der Waals surface area contributed by atoms with Crippen LogP contribution >= 0.6 is 11.6 Å². The fraction of sp³-hybridized carbons (Fsp3) is 0.529. The molecule has 4 nitrogen and oxygen atoms in total. The maximum absolute atomic E-state index is 9.85. The number of aliphatic hydroxyl groups is 1. The van der Waals surface area contributed by atoms with Crippen LogP contribution in [0.3, 0.4) is 0 Å².